The van der Waals surface area contributed by atoms with Gasteiger partial charge in [-0.3, -0.25) is 14.9 Å². The highest BCUT2D eigenvalue weighted by Crippen LogP contribution is 2.22. The summed E-state index contributed by atoms with van der Waals surface area (Å²) in [4.78, 5) is 29.5. The highest BCUT2D eigenvalue weighted by atomic mass is 16.6. The van der Waals surface area contributed by atoms with Gasteiger partial charge in [-0.05, 0) is 12.5 Å². The summed E-state index contributed by atoms with van der Waals surface area (Å²) in [7, 11) is 0. The molecule has 1 N–H and O–H groups in total. The van der Waals surface area contributed by atoms with Crippen molar-refractivity contribution >= 4 is 17.3 Å². The second-order valence-electron chi connectivity index (χ2n) is 3.84. The average molecular weight is 258 g/mol. The maximum Gasteiger partial charge on any atom is 0.271 e. The van der Waals surface area contributed by atoms with Crippen molar-refractivity contribution in [2.24, 2.45) is 0 Å². The van der Waals surface area contributed by atoms with E-state index in [9.17, 15) is 14.9 Å². The fraction of sp³-hybridized carbons (Fsp3) is 0.0833. The van der Waals surface area contributed by atoms with Gasteiger partial charge < -0.3 is 5.32 Å². The topological polar surface area (TPSA) is 98.0 Å². The zero-order chi connectivity index (χ0) is 13.8. The van der Waals surface area contributed by atoms with E-state index in [1.165, 1.54) is 30.9 Å². The predicted molar refractivity (Wildman–Crippen MR) is 67.8 cm³/mol. The van der Waals surface area contributed by atoms with Crippen molar-refractivity contribution in [1.82, 2.24) is 9.97 Å². The van der Waals surface area contributed by atoms with E-state index in [1.54, 1.807) is 13.0 Å². The van der Waals surface area contributed by atoms with E-state index in [4.69, 9.17) is 0 Å². The molecule has 0 unspecified atom stereocenters. The van der Waals surface area contributed by atoms with Crippen molar-refractivity contribution in [2.45, 2.75) is 6.92 Å². The van der Waals surface area contributed by atoms with Gasteiger partial charge in [-0.25, -0.2) is 9.97 Å². The summed E-state index contributed by atoms with van der Waals surface area (Å²) < 4.78 is 0. The lowest BCUT2D eigenvalue weighted by atomic mass is 10.1. The SMILES string of the molecule is Cc1ccc([N+](=O)[O-])cc1NC(=O)c1cncnc1. The third kappa shape index (κ3) is 2.89. The van der Waals surface area contributed by atoms with Gasteiger partial charge in [0, 0.05) is 24.5 Å². The molecule has 0 radical (unpaired) electrons. The van der Waals surface area contributed by atoms with Crippen molar-refractivity contribution in [2.75, 3.05) is 5.32 Å². The Kier molecular flexibility index (Phi) is 3.46. The van der Waals surface area contributed by atoms with Crippen LogP contribution in [0.4, 0.5) is 11.4 Å². The van der Waals surface area contributed by atoms with Gasteiger partial charge in [0.15, 0.2) is 0 Å². The van der Waals surface area contributed by atoms with Gasteiger partial charge >= 0.3 is 0 Å². The molecule has 0 aliphatic heterocycles. The summed E-state index contributed by atoms with van der Waals surface area (Å²) in [6.45, 7) is 1.75. The van der Waals surface area contributed by atoms with Gasteiger partial charge in [0.05, 0.1) is 16.2 Å². The largest absolute Gasteiger partial charge is 0.321 e. The molecule has 0 aliphatic rings. The van der Waals surface area contributed by atoms with Crippen LogP contribution in [0.3, 0.4) is 0 Å². The minimum absolute atomic E-state index is 0.0785. The maximum absolute atomic E-state index is 11.9. The van der Waals surface area contributed by atoms with E-state index in [0.29, 0.717) is 5.69 Å². The molecule has 0 saturated heterocycles. The Balaban J connectivity index is 2.26. The van der Waals surface area contributed by atoms with Crippen LogP contribution in [0.25, 0.3) is 0 Å². The van der Waals surface area contributed by atoms with E-state index in [1.807, 2.05) is 0 Å². The van der Waals surface area contributed by atoms with Crippen LogP contribution in [0.2, 0.25) is 0 Å². The summed E-state index contributed by atoms with van der Waals surface area (Å²) in [5.74, 6) is -0.413. The molecular formula is C12H10N4O3. The molecule has 96 valence electrons. The Hall–Kier alpha value is -2.83. The lowest BCUT2D eigenvalue weighted by Gasteiger charge is -2.07. The van der Waals surface area contributed by atoms with Crippen LogP contribution in [0, 0.1) is 17.0 Å². The van der Waals surface area contributed by atoms with Crippen LogP contribution in [-0.2, 0) is 0 Å². The number of hydrogen-bond acceptors (Lipinski definition) is 5. The first-order valence-corrected chi connectivity index (χ1v) is 5.39. The molecule has 7 nitrogen and oxygen atoms in total. The second kappa shape index (κ2) is 5.21. The van der Waals surface area contributed by atoms with Gasteiger partial charge in [0.2, 0.25) is 0 Å². The molecule has 1 aromatic carbocycles. The highest BCUT2D eigenvalue weighted by molar-refractivity contribution is 6.04. The van der Waals surface area contributed by atoms with Gasteiger partial charge in [-0.15, -0.1) is 0 Å². The number of aryl methyl sites for hydroxylation is 1. The van der Waals surface area contributed by atoms with Crippen LogP contribution in [0.5, 0.6) is 0 Å². The first kappa shape index (κ1) is 12.6. The predicted octanol–water partition coefficient (Wildman–Crippen LogP) is 1.95. The third-order valence-corrected chi connectivity index (χ3v) is 2.50. The van der Waals surface area contributed by atoms with Gasteiger partial charge in [0.1, 0.15) is 6.33 Å². The summed E-state index contributed by atoms with van der Waals surface area (Å²) >= 11 is 0. The molecule has 0 atom stereocenters. The Morgan fingerprint density at radius 2 is 2.00 bits per heavy atom. The molecule has 7 heteroatoms. The standard InChI is InChI=1S/C12H10N4O3/c1-8-2-3-10(16(18)19)4-11(8)15-12(17)9-5-13-7-14-6-9/h2-7H,1H3,(H,15,17). The summed E-state index contributed by atoms with van der Waals surface area (Å²) in [5, 5.41) is 13.3. The van der Waals surface area contributed by atoms with E-state index >= 15 is 0 Å². The number of nitro benzene ring substituents is 1. The van der Waals surface area contributed by atoms with Crippen LogP contribution in [0.1, 0.15) is 15.9 Å². The molecule has 0 saturated carbocycles. The number of anilines is 1. The quantitative estimate of drug-likeness (QED) is 0.670. The van der Waals surface area contributed by atoms with Crippen LogP contribution in [0.15, 0.2) is 36.9 Å². The smallest absolute Gasteiger partial charge is 0.271 e. The molecule has 0 bridgehead atoms. The Labute approximate surface area is 108 Å². The summed E-state index contributed by atoms with van der Waals surface area (Å²) in [6, 6.07) is 4.28. The number of hydrogen-bond donors (Lipinski definition) is 1. The summed E-state index contributed by atoms with van der Waals surface area (Å²) in [6.07, 6.45) is 4.05. The molecule has 19 heavy (non-hydrogen) atoms. The van der Waals surface area contributed by atoms with Crippen LogP contribution >= 0.6 is 0 Å². The first-order chi connectivity index (χ1) is 9.08. The second-order valence-corrected chi connectivity index (χ2v) is 3.84. The molecule has 0 spiro atoms. The molecule has 2 rings (SSSR count). The van der Waals surface area contributed by atoms with Crippen LogP contribution < -0.4 is 5.32 Å². The van der Waals surface area contributed by atoms with E-state index < -0.39 is 10.8 Å². The van der Waals surface area contributed by atoms with Crippen LogP contribution in [-0.4, -0.2) is 20.8 Å². The number of amides is 1. The minimum atomic E-state index is -0.513. The van der Waals surface area contributed by atoms with E-state index in [0.717, 1.165) is 5.56 Å². The number of carbonyl (C=O) groups excluding carboxylic acids is 1. The number of rotatable bonds is 3. The van der Waals surface area contributed by atoms with Crippen molar-refractivity contribution in [3.63, 3.8) is 0 Å². The van der Waals surface area contributed by atoms with Gasteiger partial charge in [0.25, 0.3) is 11.6 Å². The first-order valence-electron chi connectivity index (χ1n) is 5.39. The monoisotopic (exact) mass is 258 g/mol. The number of aromatic nitrogens is 2. The maximum atomic E-state index is 11.9. The zero-order valence-corrected chi connectivity index (χ0v) is 10.0. The van der Waals surface area contributed by atoms with E-state index in [-0.39, 0.29) is 11.3 Å². The Morgan fingerprint density at radius 1 is 1.32 bits per heavy atom. The Bertz CT molecular complexity index is 628. The van der Waals surface area contributed by atoms with Crippen molar-refractivity contribution in [1.29, 1.82) is 0 Å². The van der Waals surface area contributed by atoms with Crippen molar-refractivity contribution < 1.29 is 9.72 Å². The number of carbonyl (C=O) groups is 1. The number of non-ortho nitro benzene ring substituents is 1. The fourth-order valence-corrected chi connectivity index (χ4v) is 1.47. The van der Waals surface area contributed by atoms with Gasteiger partial charge in [-0.2, -0.15) is 0 Å². The number of nitrogens with zero attached hydrogens (tertiary/aromatic N) is 3. The zero-order valence-electron chi connectivity index (χ0n) is 10.0. The molecule has 1 aromatic heterocycles. The molecule has 1 heterocycles. The average Bonchev–Trinajstić information content (AvgIpc) is 2.42. The third-order valence-electron chi connectivity index (χ3n) is 2.50. The Morgan fingerprint density at radius 3 is 2.63 bits per heavy atom. The van der Waals surface area contributed by atoms with E-state index in [2.05, 4.69) is 15.3 Å². The number of benzene rings is 1. The lowest BCUT2D eigenvalue weighted by Crippen LogP contribution is -2.13. The number of nitro groups is 1. The normalized spacial score (nSPS) is 9.95. The highest BCUT2D eigenvalue weighted by Gasteiger charge is 2.12. The molecule has 0 aliphatic carbocycles. The molecule has 1 amide bonds. The lowest BCUT2D eigenvalue weighted by molar-refractivity contribution is -0.384. The fourth-order valence-electron chi connectivity index (χ4n) is 1.47. The number of nitrogens with one attached hydrogen (secondary N) is 1. The van der Waals surface area contributed by atoms with Crippen molar-refractivity contribution in [3.05, 3.63) is 58.2 Å². The minimum Gasteiger partial charge on any atom is -0.321 e. The molecular weight excluding hydrogens is 248 g/mol. The molecule has 0 fully saturated rings. The molecule has 2 aromatic rings. The van der Waals surface area contributed by atoms with Crippen molar-refractivity contribution in [3.8, 4) is 0 Å². The summed E-state index contributed by atoms with van der Waals surface area (Å²) in [5.41, 5.74) is 1.33. The van der Waals surface area contributed by atoms with Gasteiger partial charge in [-0.1, -0.05) is 6.07 Å².